The normalized spacial score (nSPS) is 10.2. The summed E-state index contributed by atoms with van der Waals surface area (Å²) in [5, 5.41) is 16.8. The first kappa shape index (κ1) is 13.0. The van der Waals surface area contributed by atoms with E-state index in [1.54, 1.807) is 6.07 Å². The molecule has 8 heteroatoms. The van der Waals surface area contributed by atoms with E-state index in [0.29, 0.717) is 5.76 Å². The van der Waals surface area contributed by atoms with Crippen molar-refractivity contribution < 1.29 is 14.2 Å². The number of nitrogens with zero attached hydrogens (tertiary/aromatic N) is 2. The molecule has 1 N–H and O–H groups in total. The van der Waals surface area contributed by atoms with E-state index < -0.39 is 16.5 Å². The summed E-state index contributed by atoms with van der Waals surface area (Å²) >= 11 is 5.72. The Kier molecular flexibility index (Phi) is 3.76. The highest BCUT2D eigenvalue weighted by Crippen LogP contribution is 2.28. The summed E-state index contributed by atoms with van der Waals surface area (Å²) < 4.78 is 4.80. The molecule has 1 aromatic carbocycles. The molecule has 1 amide bonds. The Morgan fingerprint density at radius 1 is 1.47 bits per heavy atom. The van der Waals surface area contributed by atoms with E-state index in [2.05, 4.69) is 10.5 Å². The van der Waals surface area contributed by atoms with Crippen molar-refractivity contribution in [2.75, 3.05) is 0 Å². The molecule has 1 aromatic heterocycles. The number of para-hydroxylation sites is 1. The van der Waals surface area contributed by atoms with Crippen LogP contribution in [0.2, 0.25) is 5.02 Å². The maximum Gasteiger partial charge on any atom is 0.300 e. The largest absolute Gasteiger partial charge is 0.360 e. The number of hydrogen-bond donors (Lipinski definition) is 1. The minimum atomic E-state index is -0.689. The topological polar surface area (TPSA) is 98.3 Å². The van der Waals surface area contributed by atoms with E-state index in [0.717, 1.165) is 0 Å². The van der Waals surface area contributed by atoms with Crippen molar-refractivity contribution >= 4 is 23.2 Å². The number of nitro benzene ring substituents is 1. The molecule has 0 atom stereocenters. The van der Waals surface area contributed by atoms with Gasteiger partial charge in [0, 0.05) is 6.07 Å². The summed E-state index contributed by atoms with van der Waals surface area (Å²) in [5.74, 6) is -0.163. The lowest BCUT2D eigenvalue weighted by molar-refractivity contribution is -0.385. The van der Waals surface area contributed by atoms with Crippen LogP contribution in [0.1, 0.15) is 16.1 Å². The van der Waals surface area contributed by atoms with Crippen molar-refractivity contribution in [3.63, 3.8) is 0 Å². The lowest BCUT2D eigenvalue weighted by Gasteiger charge is -2.04. The Hall–Kier alpha value is -2.41. The zero-order chi connectivity index (χ0) is 13.8. The van der Waals surface area contributed by atoms with Crippen LogP contribution in [0.5, 0.6) is 0 Å². The number of hydrogen-bond acceptors (Lipinski definition) is 5. The zero-order valence-corrected chi connectivity index (χ0v) is 10.3. The second-order valence-corrected chi connectivity index (χ2v) is 3.96. The van der Waals surface area contributed by atoms with Crippen LogP contribution in [-0.2, 0) is 6.54 Å². The third-order valence-corrected chi connectivity index (χ3v) is 2.63. The van der Waals surface area contributed by atoms with Gasteiger partial charge >= 0.3 is 5.69 Å². The second-order valence-electron chi connectivity index (χ2n) is 3.55. The fraction of sp³-hybridized carbons (Fsp3) is 0.0909. The van der Waals surface area contributed by atoms with Crippen LogP contribution in [0, 0.1) is 10.1 Å². The van der Waals surface area contributed by atoms with Crippen molar-refractivity contribution in [2.45, 2.75) is 6.54 Å². The molecular weight excluding hydrogens is 274 g/mol. The minimum absolute atomic E-state index is 0.0858. The number of nitrogens with one attached hydrogen (secondary N) is 1. The summed E-state index contributed by atoms with van der Waals surface area (Å²) in [6, 6.07) is 5.73. The van der Waals surface area contributed by atoms with Gasteiger partial charge in [-0.1, -0.05) is 22.8 Å². The highest BCUT2D eigenvalue weighted by Gasteiger charge is 2.23. The molecular formula is C11H8ClN3O4. The van der Waals surface area contributed by atoms with Crippen molar-refractivity contribution in [1.29, 1.82) is 0 Å². The van der Waals surface area contributed by atoms with Gasteiger partial charge in [0.2, 0.25) is 0 Å². The molecule has 0 unspecified atom stereocenters. The molecule has 0 saturated heterocycles. The zero-order valence-electron chi connectivity index (χ0n) is 9.50. The predicted molar refractivity (Wildman–Crippen MR) is 65.8 cm³/mol. The molecule has 0 radical (unpaired) electrons. The van der Waals surface area contributed by atoms with E-state index >= 15 is 0 Å². The highest BCUT2D eigenvalue weighted by atomic mass is 35.5. The van der Waals surface area contributed by atoms with Gasteiger partial charge in [-0.3, -0.25) is 14.9 Å². The first-order valence-corrected chi connectivity index (χ1v) is 5.58. The van der Waals surface area contributed by atoms with Gasteiger partial charge in [0.25, 0.3) is 5.91 Å². The molecule has 98 valence electrons. The maximum atomic E-state index is 11.9. The monoisotopic (exact) mass is 281 g/mol. The summed E-state index contributed by atoms with van der Waals surface area (Å²) in [7, 11) is 0. The molecule has 0 fully saturated rings. The van der Waals surface area contributed by atoms with Crippen LogP contribution in [0.3, 0.4) is 0 Å². The molecule has 0 aliphatic carbocycles. The van der Waals surface area contributed by atoms with Crippen LogP contribution in [0.25, 0.3) is 0 Å². The summed E-state index contributed by atoms with van der Waals surface area (Å²) in [6.45, 7) is 0.0858. The SMILES string of the molecule is O=C(NCc1ccno1)c1cccc(Cl)c1[N+](=O)[O-]. The average Bonchev–Trinajstić information content (AvgIpc) is 2.88. The molecule has 0 bridgehead atoms. The Bertz CT molecular complexity index is 612. The number of nitro groups is 1. The molecule has 0 aliphatic rings. The van der Waals surface area contributed by atoms with Crippen molar-refractivity contribution in [2.24, 2.45) is 0 Å². The standard InChI is InChI=1S/C11H8ClN3O4/c12-9-3-1-2-8(10(9)15(17)18)11(16)13-6-7-4-5-14-19-7/h1-5H,6H2,(H,13,16). The smallest absolute Gasteiger partial charge is 0.300 e. The van der Waals surface area contributed by atoms with Crippen LogP contribution in [0.4, 0.5) is 5.69 Å². The molecule has 7 nitrogen and oxygen atoms in total. The summed E-state index contributed by atoms with van der Waals surface area (Å²) in [4.78, 5) is 22.1. The number of carbonyl (C=O) groups excluding carboxylic acids is 1. The van der Waals surface area contributed by atoms with Gasteiger partial charge in [0.15, 0.2) is 5.76 Å². The van der Waals surface area contributed by atoms with Crippen LogP contribution in [0.15, 0.2) is 35.0 Å². The number of benzene rings is 1. The third-order valence-electron chi connectivity index (χ3n) is 2.33. The van der Waals surface area contributed by atoms with Gasteiger partial charge in [0.1, 0.15) is 10.6 Å². The first-order valence-electron chi connectivity index (χ1n) is 5.20. The van der Waals surface area contributed by atoms with Crippen molar-refractivity contribution in [1.82, 2.24) is 10.5 Å². The molecule has 19 heavy (non-hydrogen) atoms. The minimum Gasteiger partial charge on any atom is -0.360 e. The maximum absolute atomic E-state index is 11.9. The molecule has 2 rings (SSSR count). The lowest BCUT2D eigenvalue weighted by atomic mass is 10.1. The van der Waals surface area contributed by atoms with Gasteiger partial charge < -0.3 is 9.84 Å². The second kappa shape index (κ2) is 5.49. The summed E-state index contributed by atoms with van der Waals surface area (Å²) in [6.07, 6.45) is 1.43. The number of halogens is 1. The average molecular weight is 282 g/mol. The quantitative estimate of drug-likeness (QED) is 0.684. The number of aromatic nitrogens is 1. The van der Waals surface area contributed by atoms with Crippen molar-refractivity contribution in [3.8, 4) is 0 Å². The van der Waals surface area contributed by atoms with Gasteiger partial charge in [-0.05, 0) is 12.1 Å². The third kappa shape index (κ3) is 2.89. The fourth-order valence-corrected chi connectivity index (χ4v) is 1.72. The number of rotatable bonds is 4. The lowest BCUT2D eigenvalue weighted by Crippen LogP contribution is -2.23. The van der Waals surface area contributed by atoms with Crippen LogP contribution in [-0.4, -0.2) is 16.0 Å². The van der Waals surface area contributed by atoms with Gasteiger partial charge in [-0.25, -0.2) is 0 Å². The Labute approximate surface area is 112 Å². The molecule has 1 heterocycles. The summed E-state index contributed by atoms with van der Waals surface area (Å²) in [5.41, 5.74) is -0.517. The van der Waals surface area contributed by atoms with E-state index in [1.807, 2.05) is 0 Å². The van der Waals surface area contributed by atoms with Gasteiger partial charge in [-0.2, -0.15) is 0 Å². The van der Waals surface area contributed by atoms with E-state index in [1.165, 1.54) is 24.4 Å². The predicted octanol–water partition coefficient (Wildman–Crippen LogP) is 2.17. The van der Waals surface area contributed by atoms with E-state index in [4.69, 9.17) is 16.1 Å². The molecule has 0 aliphatic heterocycles. The van der Waals surface area contributed by atoms with Crippen LogP contribution >= 0.6 is 11.6 Å². The molecule has 0 spiro atoms. The molecule has 0 saturated carbocycles. The fourth-order valence-electron chi connectivity index (χ4n) is 1.48. The van der Waals surface area contributed by atoms with E-state index in [-0.39, 0.29) is 17.1 Å². The highest BCUT2D eigenvalue weighted by molar-refractivity contribution is 6.33. The number of amides is 1. The van der Waals surface area contributed by atoms with Crippen LogP contribution < -0.4 is 5.32 Å². The Morgan fingerprint density at radius 2 is 2.26 bits per heavy atom. The van der Waals surface area contributed by atoms with Crippen molar-refractivity contribution in [3.05, 3.63) is 56.9 Å². The number of carbonyl (C=O) groups is 1. The van der Waals surface area contributed by atoms with Gasteiger partial charge in [-0.15, -0.1) is 0 Å². The van der Waals surface area contributed by atoms with E-state index in [9.17, 15) is 14.9 Å². The Balaban J connectivity index is 2.19. The Morgan fingerprint density at radius 3 is 2.89 bits per heavy atom. The molecule has 2 aromatic rings. The first-order chi connectivity index (χ1) is 9.09. The van der Waals surface area contributed by atoms with Gasteiger partial charge in [0.05, 0.1) is 17.7 Å².